The Labute approximate surface area is 173 Å². The Balaban J connectivity index is 1.90. The highest BCUT2D eigenvalue weighted by atomic mass is 79.9. The number of benzene rings is 2. The third-order valence-electron chi connectivity index (χ3n) is 3.61. The van der Waals surface area contributed by atoms with Gasteiger partial charge in [-0.3, -0.25) is 9.59 Å². The van der Waals surface area contributed by atoms with Gasteiger partial charge in [-0.15, -0.1) is 0 Å². The lowest BCUT2D eigenvalue weighted by Crippen LogP contribution is -2.19. The van der Waals surface area contributed by atoms with E-state index < -0.39 is 0 Å². The quantitative estimate of drug-likeness (QED) is 0.523. The number of nitrogens with zero attached hydrogens (tertiary/aromatic N) is 1. The SMILES string of the molecule is CNC(=O)CSc1nc(-c2ccccc2)c(NC(=O)c2ccccc2Br)s1. The van der Waals surface area contributed by atoms with E-state index in [2.05, 4.69) is 31.5 Å². The molecule has 0 bridgehead atoms. The van der Waals surface area contributed by atoms with Crippen molar-refractivity contribution < 1.29 is 9.59 Å². The Morgan fingerprint density at radius 1 is 1.11 bits per heavy atom. The van der Waals surface area contributed by atoms with Gasteiger partial charge in [0.25, 0.3) is 5.91 Å². The summed E-state index contributed by atoms with van der Waals surface area (Å²) in [6.45, 7) is 0. The summed E-state index contributed by atoms with van der Waals surface area (Å²) in [6.07, 6.45) is 0. The molecule has 0 radical (unpaired) electrons. The van der Waals surface area contributed by atoms with Crippen molar-refractivity contribution in [2.75, 3.05) is 18.1 Å². The molecule has 1 aromatic heterocycles. The van der Waals surface area contributed by atoms with Gasteiger partial charge in [0.15, 0.2) is 4.34 Å². The number of thiazole rings is 1. The maximum absolute atomic E-state index is 12.7. The second kappa shape index (κ2) is 9.16. The zero-order chi connectivity index (χ0) is 19.2. The zero-order valence-corrected chi connectivity index (χ0v) is 17.6. The van der Waals surface area contributed by atoms with Crippen molar-refractivity contribution in [2.45, 2.75) is 4.34 Å². The van der Waals surface area contributed by atoms with Crippen LogP contribution in [-0.4, -0.2) is 29.6 Å². The fourth-order valence-electron chi connectivity index (χ4n) is 2.25. The van der Waals surface area contributed by atoms with Gasteiger partial charge in [0.1, 0.15) is 10.7 Å². The number of carbonyl (C=O) groups is 2. The summed E-state index contributed by atoms with van der Waals surface area (Å²) in [5, 5.41) is 6.21. The minimum absolute atomic E-state index is 0.0738. The van der Waals surface area contributed by atoms with Crippen LogP contribution in [0.5, 0.6) is 0 Å². The lowest BCUT2D eigenvalue weighted by molar-refractivity contribution is -0.118. The van der Waals surface area contributed by atoms with E-state index in [-0.39, 0.29) is 17.6 Å². The van der Waals surface area contributed by atoms with Crippen LogP contribution in [0.2, 0.25) is 0 Å². The summed E-state index contributed by atoms with van der Waals surface area (Å²) < 4.78 is 1.45. The van der Waals surface area contributed by atoms with Crippen molar-refractivity contribution in [3.63, 3.8) is 0 Å². The summed E-state index contributed by atoms with van der Waals surface area (Å²) in [5.41, 5.74) is 2.15. The van der Waals surface area contributed by atoms with Crippen LogP contribution in [0.3, 0.4) is 0 Å². The molecule has 5 nitrogen and oxygen atoms in total. The molecular weight excluding hydrogens is 446 g/mol. The van der Waals surface area contributed by atoms with Gasteiger partial charge >= 0.3 is 0 Å². The number of hydrogen-bond acceptors (Lipinski definition) is 5. The smallest absolute Gasteiger partial charge is 0.257 e. The average Bonchev–Trinajstić information content (AvgIpc) is 3.09. The Hall–Kier alpha value is -2.16. The second-order valence-corrected chi connectivity index (χ2v) is 8.50. The fraction of sp³-hybridized carbons (Fsp3) is 0.105. The summed E-state index contributed by atoms with van der Waals surface area (Å²) >= 11 is 6.11. The number of carbonyl (C=O) groups excluding carboxylic acids is 2. The van der Waals surface area contributed by atoms with E-state index >= 15 is 0 Å². The van der Waals surface area contributed by atoms with Crippen LogP contribution < -0.4 is 10.6 Å². The van der Waals surface area contributed by atoms with E-state index in [9.17, 15) is 9.59 Å². The molecule has 3 aromatic rings. The lowest BCUT2D eigenvalue weighted by atomic mass is 10.1. The molecule has 138 valence electrons. The van der Waals surface area contributed by atoms with E-state index in [0.29, 0.717) is 16.3 Å². The monoisotopic (exact) mass is 461 g/mol. The fourth-order valence-corrected chi connectivity index (χ4v) is 4.65. The molecule has 2 N–H and O–H groups in total. The molecule has 0 aliphatic carbocycles. The number of halogens is 1. The minimum atomic E-state index is -0.217. The van der Waals surface area contributed by atoms with E-state index in [1.807, 2.05) is 48.5 Å². The van der Waals surface area contributed by atoms with Crippen LogP contribution in [0, 0.1) is 0 Å². The third-order valence-corrected chi connectivity index (χ3v) is 6.41. The normalized spacial score (nSPS) is 10.4. The van der Waals surface area contributed by atoms with Gasteiger partial charge in [-0.2, -0.15) is 0 Å². The highest BCUT2D eigenvalue weighted by molar-refractivity contribution is 9.10. The predicted molar refractivity (Wildman–Crippen MR) is 114 cm³/mol. The molecule has 2 amide bonds. The molecule has 0 atom stereocenters. The molecular formula is C19H16BrN3O2S2. The van der Waals surface area contributed by atoms with Crippen LogP contribution >= 0.6 is 39.0 Å². The first kappa shape index (κ1) is 19.6. The maximum atomic E-state index is 12.7. The van der Waals surface area contributed by atoms with E-state index in [0.717, 1.165) is 14.4 Å². The summed E-state index contributed by atoms with van der Waals surface area (Å²) in [7, 11) is 1.60. The van der Waals surface area contributed by atoms with Crippen LogP contribution in [0.25, 0.3) is 11.3 Å². The lowest BCUT2D eigenvalue weighted by Gasteiger charge is -2.06. The number of rotatable bonds is 6. The first-order valence-electron chi connectivity index (χ1n) is 8.04. The minimum Gasteiger partial charge on any atom is -0.358 e. The van der Waals surface area contributed by atoms with E-state index in [4.69, 9.17) is 0 Å². The van der Waals surface area contributed by atoms with Crippen LogP contribution in [0.1, 0.15) is 10.4 Å². The van der Waals surface area contributed by atoms with Crippen LogP contribution in [-0.2, 0) is 4.79 Å². The first-order valence-corrected chi connectivity index (χ1v) is 10.6. The van der Waals surface area contributed by atoms with Crippen molar-refractivity contribution in [3.05, 3.63) is 64.6 Å². The predicted octanol–water partition coefficient (Wildman–Crippen LogP) is 4.66. The van der Waals surface area contributed by atoms with E-state index in [1.165, 1.54) is 23.1 Å². The molecule has 0 spiro atoms. The van der Waals surface area contributed by atoms with Gasteiger partial charge < -0.3 is 10.6 Å². The average molecular weight is 462 g/mol. The van der Waals surface area contributed by atoms with Crippen molar-refractivity contribution in [2.24, 2.45) is 0 Å². The Morgan fingerprint density at radius 3 is 2.52 bits per heavy atom. The molecule has 8 heteroatoms. The van der Waals surface area contributed by atoms with Gasteiger partial charge in [-0.25, -0.2) is 4.98 Å². The molecule has 0 aliphatic rings. The van der Waals surface area contributed by atoms with Gasteiger partial charge in [0.2, 0.25) is 5.91 Å². The Kier molecular flexibility index (Phi) is 6.65. The van der Waals surface area contributed by atoms with Gasteiger partial charge in [0, 0.05) is 17.1 Å². The molecule has 27 heavy (non-hydrogen) atoms. The molecule has 0 unspecified atom stereocenters. The number of amides is 2. The summed E-state index contributed by atoms with van der Waals surface area (Å²) in [5.74, 6) is -0.0167. The molecule has 0 fully saturated rings. The Bertz CT molecular complexity index is 961. The summed E-state index contributed by atoms with van der Waals surface area (Å²) in [4.78, 5) is 28.9. The second-order valence-electron chi connectivity index (χ2n) is 5.42. The number of thioether (sulfide) groups is 1. The molecule has 0 aliphatic heterocycles. The highest BCUT2D eigenvalue weighted by Gasteiger charge is 2.18. The number of nitrogens with one attached hydrogen (secondary N) is 2. The van der Waals surface area contributed by atoms with Crippen molar-refractivity contribution in [1.82, 2.24) is 10.3 Å². The highest BCUT2D eigenvalue weighted by Crippen LogP contribution is 2.38. The first-order chi connectivity index (χ1) is 13.1. The summed E-state index contributed by atoms with van der Waals surface area (Å²) in [6, 6.07) is 16.9. The Morgan fingerprint density at radius 2 is 1.81 bits per heavy atom. The maximum Gasteiger partial charge on any atom is 0.257 e. The van der Waals surface area contributed by atoms with Gasteiger partial charge in [-0.1, -0.05) is 65.6 Å². The third kappa shape index (κ3) is 4.97. The van der Waals surface area contributed by atoms with E-state index in [1.54, 1.807) is 13.1 Å². The standard InChI is InChI=1S/C19H16BrN3O2S2/c1-21-15(24)11-26-19-22-16(12-7-3-2-4-8-12)18(27-19)23-17(25)13-9-5-6-10-14(13)20/h2-10H,11H2,1H3,(H,21,24)(H,23,25). The molecule has 1 heterocycles. The topological polar surface area (TPSA) is 71.1 Å². The van der Waals surface area contributed by atoms with Crippen molar-refractivity contribution in [3.8, 4) is 11.3 Å². The van der Waals surface area contributed by atoms with Gasteiger partial charge in [-0.05, 0) is 28.1 Å². The number of hydrogen-bond donors (Lipinski definition) is 2. The largest absolute Gasteiger partial charge is 0.358 e. The molecule has 2 aromatic carbocycles. The van der Waals surface area contributed by atoms with Crippen molar-refractivity contribution >= 4 is 55.8 Å². The van der Waals surface area contributed by atoms with Gasteiger partial charge in [0.05, 0.1) is 11.3 Å². The molecule has 0 saturated heterocycles. The van der Waals surface area contributed by atoms with Crippen LogP contribution in [0.4, 0.5) is 5.00 Å². The van der Waals surface area contributed by atoms with Crippen LogP contribution in [0.15, 0.2) is 63.4 Å². The number of anilines is 1. The molecule has 3 rings (SSSR count). The number of aromatic nitrogens is 1. The zero-order valence-electron chi connectivity index (χ0n) is 14.4. The van der Waals surface area contributed by atoms with Crippen molar-refractivity contribution in [1.29, 1.82) is 0 Å². The molecule has 0 saturated carbocycles.